The van der Waals surface area contributed by atoms with E-state index in [-0.39, 0.29) is 0 Å². The third-order valence-corrected chi connectivity index (χ3v) is 3.24. The zero-order valence-corrected chi connectivity index (χ0v) is 11.1. The van der Waals surface area contributed by atoms with E-state index >= 15 is 0 Å². The van der Waals surface area contributed by atoms with Crippen LogP contribution < -0.4 is 5.11 Å². The lowest BCUT2D eigenvalue weighted by molar-refractivity contribution is -0.307. The molecule has 1 rings (SSSR count). The highest BCUT2D eigenvalue weighted by molar-refractivity contribution is 5.41. The van der Waals surface area contributed by atoms with Crippen molar-refractivity contribution in [3.63, 3.8) is 0 Å². The Bertz CT molecular complexity index is 270. The van der Waals surface area contributed by atoms with Gasteiger partial charge in [-0.05, 0) is 12.0 Å². The van der Waals surface area contributed by atoms with Crippen LogP contribution >= 0.6 is 0 Å². The molecule has 0 bridgehead atoms. The van der Waals surface area contributed by atoms with Crippen LogP contribution in [-0.2, 0) is 0 Å². The molecule has 0 N–H and O–H groups in total. The molecular formula is C16H25O-. The van der Waals surface area contributed by atoms with E-state index in [0.717, 1.165) is 18.4 Å². The Morgan fingerprint density at radius 3 is 2.00 bits per heavy atom. The van der Waals surface area contributed by atoms with Crippen molar-refractivity contribution < 1.29 is 5.11 Å². The number of allylic oxidation sites excluding steroid dienone is 6. The molecule has 0 aromatic heterocycles. The maximum Gasteiger partial charge on any atom is -0.0376 e. The summed E-state index contributed by atoms with van der Waals surface area (Å²) in [4.78, 5) is 0. The van der Waals surface area contributed by atoms with Crippen LogP contribution in [0, 0.1) is 0 Å². The minimum absolute atomic E-state index is 0.306. The van der Waals surface area contributed by atoms with Crippen LogP contribution in [0.25, 0.3) is 0 Å². The van der Waals surface area contributed by atoms with Gasteiger partial charge in [-0.1, -0.05) is 82.6 Å². The van der Waals surface area contributed by atoms with E-state index in [1.807, 2.05) is 24.3 Å². The maximum absolute atomic E-state index is 11.7. The number of hydrogen-bond acceptors (Lipinski definition) is 1. The van der Waals surface area contributed by atoms with Gasteiger partial charge in [-0.15, -0.1) is 5.76 Å². The second kappa shape index (κ2) is 9.09. The second-order valence-electron chi connectivity index (χ2n) is 4.82. The minimum Gasteiger partial charge on any atom is -0.875 e. The second-order valence-corrected chi connectivity index (χ2v) is 4.82. The fourth-order valence-electron chi connectivity index (χ4n) is 2.12. The fraction of sp³-hybridized carbons (Fsp3) is 0.625. The van der Waals surface area contributed by atoms with E-state index < -0.39 is 0 Å². The van der Waals surface area contributed by atoms with Gasteiger partial charge < -0.3 is 5.11 Å². The zero-order valence-electron chi connectivity index (χ0n) is 11.1. The molecule has 1 heteroatoms. The van der Waals surface area contributed by atoms with E-state index in [1.54, 1.807) is 0 Å². The van der Waals surface area contributed by atoms with Gasteiger partial charge in [-0.25, -0.2) is 0 Å². The van der Waals surface area contributed by atoms with Crippen molar-refractivity contribution in [3.8, 4) is 0 Å². The lowest BCUT2D eigenvalue weighted by Gasteiger charge is -2.13. The predicted octanol–water partition coefficient (Wildman–Crippen LogP) is 4.26. The third-order valence-electron chi connectivity index (χ3n) is 3.24. The Labute approximate surface area is 106 Å². The summed E-state index contributed by atoms with van der Waals surface area (Å²) in [5.74, 6) is 0.306. The van der Waals surface area contributed by atoms with E-state index in [4.69, 9.17) is 0 Å². The first-order valence-electron chi connectivity index (χ1n) is 7.09. The van der Waals surface area contributed by atoms with Crippen molar-refractivity contribution in [2.24, 2.45) is 0 Å². The first-order chi connectivity index (χ1) is 8.34. The van der Waals surface area contributed by atoms with Gasteiger partial charge in [0.1, 0.15) is 0 Å². The van der Waals surface area contributed by atoms with Crippen LogP contribution in [0.5, 0.6) is 0 Å². The molecule has 0 radical (unpaired) electrons. The van der Waals surface area contributed by atoms with Crippen LogP contribution in [0.3, 0.4) is 0 Å². The molecule has 0 unspecified atom stereocenters. The van der Waals surface area contributed by atoms with E-state index in [9.17, 15) is 5.11 Å². The van der Waals surface area contributed by atoms with Gasteiger partial charge in [-0.3, -0.25) is 0 Å². The molecule has 96 valence electrons. The smallest absolute Gasteiger partial charge is 0.0376 e. The summed E-state index contributed by atoms with van der Waals surface area (Å²) in [5, 5.41) is 11.7. The monoisotopic (exact) mass is 233 g/mol. The molecule has 0 aliphatic heterocycles. The molecule has 0 heterocycles. The fourth-order valence-corrected chi connectivity index (χ4v) is 2.12. The van der Waals surface area contributed by atoms with Gasteiger partial charge in [0.05, 0.1) is 0 Å². The molecule has 1 nitrogen and oxygen atoms in total. The Kier molecular flexibility index (Phi) is 7.53. The highest BCUT2D eigenvalue weighted by atomic mass is 16.3. The lowest BCUT2D eigenvalue weighted by Crippen LogP contribution is -2.05. The SMILES string of the molecule is CCCCCCCCCCC([O-])=C1C=CC=C1. The highest BCUT2D eigenvalue weighted by Crippen LogP contribution is 2.16. The molecule has 0 spiro atoms. The summed E-state index contributed by atoms with van der Waals surface area (Å²) >= 11 is 0. The zero-order chi connectivity index (χ0) is 12.3. The molecule has 0 aromatic rings. The topological polar surface area (TPSA) is 23.1 Å². The highest BCUT2D eigenvalue weighted by Gasteiger charge is 1.95. The van der Waals surface area contributed by atoms with Crippen LogP contribution in [-0.4, -0.2) is 0 Å². The number of hydrogen-bond donors (Lipinski definition) is 0. The molecule has 0 aromatic carbocycles. The van der Waals surface area contributed by atoms with E-state index in [1.165, 1.54) is 44.9 Å². The molecule has 17 heavy (non-hydrogen) atoms. The summed E-state index contributed by atoms with van der Waals surface area (Å²) in [6.45, 7) is 2.25. The summed E-state index contributed by atoms with van der Waals surface area (Å²) in [5.41, 5.74) is 0.882. The van der Waals surface area contributed by atoms with Crippen molar-refractivity contribution in [2.45, 2.75) is 64.7 Å². The Hall–Kier alpha value is -0.980. The molecule has 0 atom stereocenters. The first-order valence-corrected chi connectivity index (χ1v) is 7.09. The Balaban J connectivity index is 1.96. The van der Waals surface area contributed by atoms with E-state index in [0.29, 0.717) is 5.76 Å². The normalized spacial score (nSPS) is 13.6. The predicted molar refractivity (Wildman–Crippen MR) is 72.5 cm³/mol. The van der Waals surface area contributed by atoms with Crippen LogP contribution in [0.4, 0.5) is 0 Å². The van der Waals surface area contributed by atoms with Crippen molar-refractivity contribution in [1.29, 1.82) is 0 Å². The molecule has 1 aliphatic rings. The Morgan fingerprint density at radius 2 is 1.41 bits per heavy atom. The summed E-state index contributed by atoms with van der Waals surface area (Å²) in [7, 11) is 0. The molecule has 1 aliphatic carbocycles. The Morgan fingerprint density at radius 1 is 0.882 bits per heavy atom. The van der Waals surface area contributed by atoms with Crippen molar-refractivity contribution >= 4 is 0 Å². The lowest BCUT2D eigenvalue weighted by atomic mass is 10.1. The van der Waals surface area contributed by atoms with Crippen molar-refractivity contribution in [3.05, 3.63) is 35.6 Å². The largest absolute Gasteiger partial charge is 0.875 e. The quantitative estimate of drug-likeness (QED) is 0.431. The molecule has 0 fully saturated rings. The van der Waals surface area contributed by atoms with Gasteiger partial charge in [0.2, 0.25) is 0 Å². The maximum atomic E-state index is 11.7. The van der Waals surface area contributed by atoms with Gasteiger partial charge in [-0.2, -0.15) is 0 Å². The molecule has 0 saturated heterocycles. The summed E-state index contributed by atoms with van der Waals surface area (Å²) in [6.07, 6.45) is 18.7. The first kappa shape index (κ1) is 14.1. The minimum atomic E-state index is 0.306. The van der Waals surface area contributed by atoms with Gasteiger partial charge in [0.15, 0.2) is 0 Å². The van der Waals surface area contributed by atoms with Crippen LogP contribution in [0.1, 0.15) is 64.7 Å². The molecule has 0 saturated carbocycles. The van der Waals surface area contributed by atoms with Crippen LogP contribution in [0.2, 0.25) is 0 Å². The average molecular weight is 233 g/mol. The van der Waals surface area contributed by atoms with Crippen molar-refractivity contribution in [2.75, 3.05) is 0 Å². The van der Waals surface area contributed by atoms with Gasteiger partial charge in [0.25, 0.3) is 0 Å². The van der Waals surface area contributed by atoms with E-state index in [2.05, 4.69) is 6.92 Å². The van der Waals surface area contributed by atoms with Crippen molar-refractivity contribution in [1.82, 2.24) is 0 Å². The van der Waals surface area contributed by atoms with Gasteiger partial charge >= 0.3 is 0 Å². The summed E-state index contributed by atoms with van der Waals surface area (Å²) < 4.78 is 0. The third kappa shape index (κ3) is 6.35. The number of unbranched alkanes of at least 4 members (excludes halogenated alkanes) is 7. The molecule has 0 amide bonds. The number of rotatable bonds is 9. The standard InChI is InChI=1S/C16H26O/c1-2-3-4-5-6-7-8-9-14-16(17)15-12-10-11-13-15/h10-13,17H,2-9,14H2,1H3/p-1. The van der Waals surface area contributed by atoms with Crippen LogP contribution in [0.15, 0.2) is 35.6 Å². The molecular weight excluding hydrogens is 208 g/mol. The average Bonchev–Trinajstić information content (AvgIpc) is 2.86. The van der Waals surface area contributed by atoms with Gasteiger partial charge in [0, 0.05) is 0 Å². The summed E-state index contributed by atoms with van der Waals surface area (Å²) in [6, 6.07) is 0.